The standard InChI is InChI=1S/C18H22N4O2/c1-21(12-14-5-2-7-16(23)11-14)17(24)15-6-3-10-22(13-15)18-19-8-4-9-20-18/h2,4-5,7-9,11,15,23H,3,6,10,12-13H2,1H3. The second kappa shape index (κ2) is 7.29. The molecule has 0 spiro atoms. The summed E-state index contributed by atoms with van der Waals surface area (Å²) in [5.41, 5.74) is 0.921. The molecule has 1 unspecified atom stereocenters. The van der Waals surface area contributed by atoms with Crippen LogP contribution in [0, 0.1) is 5.92 Å². The molecule has 0 aliphatic carbocycles. The Morgan fingerprint density at radius 1 is 1.33 bits per heavy atom. The molecule has 1 saturated heterocycles. The van der Waals surface area contributed by atoms with E-state index in [1.807, 2.05) is 13.1 Å². The van der Waals surface area contributed by atoms with Crippen LogP contribution in [0.5, 0.6) is 5.75 Å². The lowest BCUT2D eigenvalue weighted by atomic mass is 9.96. The number of hydrogen-bond donors (Lipinski definition) is 1. The van der Waals surface area contributed by atoms with Crippen molar-refractivity contribution in [1.82, 2.24) is 14.9 Å². The summed E-state index contributed by atoms with van der Waals surface area (Å²) in [5.74, 6) is 0.980. The van der Waals surface area contributed by atoms with E-state index in [9.17, 15) is 9.90 Å². The maximum Gasteiger partial charge on any atom is 0.227 e. The number of nitrogens with zero attached hydrogens (tertiary/aromatic N) is 4. The van der Waals surface area contributed by atoms with Crippen molar-refractivity contribution in [2.45, 2.75) is 19.4 Å². The van der Waals surface area contributed by atoms with Gasteiger partial charge in [-0.2, -0.15) is 0 Å². The zero-order valence-electron chi connectivity index (χ0n) is 13.8. The number of carbonyl (C=O) groups excluding carboxylic acids is 1. The van der Waals surface area contributed by atoms with Crippen molar-refractivity contribution in [1.29, 1.82) is 0 Å². The topological polar surface area (TPSA) is 69.6 Å². The molecule has 1 fully saturated rings. The van der Waals surface area contributed by atoms with Gasteiger partial charge < -0.3 is 14.9 Å². The molecule has 1 aliphatic heterocycles. The van der Waals surface area contributed by atoms with Gasteiger partial charge in [-0.25, -0.2) is 9.97 Å². The lowest BCUT2D eigenvalue weighted by Gasteiger charge is -2.34. The summed E-state index contributed by atoms with van der Waals surface area (Å²) in [6.45, 7) is 2.02. The molecule has 1 N–H and O–H groups in total. The van der Waals surface area contributed by atoms with Gasteiger partial charge in [0.15, 0.2) is 0 Å². The normalized spacial score (nSPS) is 17.5. The third-order valence-corrected chi connectivity index (χ3v) is 4.31. The maximum atomic E-state index is 12.8. The fourth-order valence-electron chi connectivity index (χ4n) is 3.13. The van der Waals surface area contributed by atoms with Crippen LogP contribution in [0.2, 0.25) is 0 Å². The fraction of sp³-hybridized carbons (Fsp3) is 0.389. The van der Waals surface area contributed by atoms with Crippen molar-refractivity contribution in [2.75, 3.05) is 25.0 Å². The molecule has 1 amide bonds. The van der Waals surface area contributed by atoms with Gasteiger partial charge in [0.2, 0.25) is 11.9 Å². The highest BCUT2D eigenvalue weighted by Gasteiger charge is 2.29. The van der Waals surface area contributed by atoms with Crippen LogP contribution in [0.15, 0.2) is 42.7 Å². The van der Waals surface area contributed by atoms with Crippen LogP contribution in [0.4, 0.5) is 5.95 Å². The molecule has 6 nitrogen and oxygen atoms in total. The number of carbonyl (C=O) groups is 1. The lowest BCUT2D eigenvalue weighted by molar-refractivity contribution is -0.135. The average Bonchev–Trinajstić information content (AvgIpc) is 2.62. The van der Waals surface area contributed by atoms with E-state index < -0.39 is 0 Å². The summed E-state index contributed by atoms with van der Waals surface area (Å²) in [6.07, 6.45) is 5.28. The Morgan fingerprint density at radius 2 is 2.12 bits per heavy atom. The first kappa shape index (κ1) is 16.2. The van der Waals surface area contributed by atoms with E-state index in [-0.39, 0.29) is 17.6 Å². The van der Waals surface area contributed by atoms with Crippen LogP contribution in [0.3, 0.4) is 0 Å². The van der Waals surface area contributed by atoms with Crippen LogP contribution in [0.25, 0.3) is 0 Å². The Hall–Kier alpha value is -2.63. The minimum absolute atomic E-state index is 0.0511. The summed E-state index contributed by atoms with van der Waals surface area (Å²) in [6, 6.07) is 8.81. The molecule has 24 heavy (non-hydrogen) atoms. The summed E-state index contributed by atoms with van der Waals surface area (Å²) >= 11 is 0. The van der Waals surface area contributed by atoms with E-state index in [0.717, 1.165) is 24.9 Å². The van der Waals surface area contributed by atoms with Crippen molar-refractivity contribution in [3.8, 4) is 5.75 Å². The fourth-order valence-corrected chi connectivity index (χ4v) is 3.13. The Balaban J connectivity index is 1.63. The van der Waals surface area contributed by atoms with Gasteiger partial charge in [0.1, 0.15) is 5.75 Å². The Bertz CT molecular complexity index is 692. The van der Waals surface area contributed by atoms with E-state index in [4.69, 9.17) is 0 Å². The number of rotatable bonds is 4. The predicted molar refractivity (Wildman–Crippen MR) is 91.5 cm³/mol. The van der Waals surface area contributed by atoms with Crippen LogP contribution >= 0.6 is 0 Å². The number of phenols is 1. The van der Waals surface area contributed by atoms with Crippen molar-refractivity contribution >= 4 is 11.9 Å². The minimum atomic E-state index is -0.0511. The molecule has 0 radical (unpaired) electrons. The van der Waals surface area contributed by atoms with Crippen molar-refractivity contribution < 1.29 is 9.90 Å². The van der Waals surface area contributed by atoms with Crippen molar-refractivity contribution in [3.05, 3.63) is 48.3 Å². The quantitative estimate of drug-likeness (QED) is 0.931. The van der Waals surface area contributed by atoms with Gasteiger partial charge >= 0.3 is 0 Å². The van der Waals surface area contributed by atoms with Gasteiger partial charge in [0.05, 0.1) is 5.92 Å². The predicted octanol–water partition coefficient (Wildman–Crippen LogP) is 2.06. The van der Waals surface area contributed by atoms with E-state index >= 15 is 0 Å². The van der Waals surface area contributed by atoms with Gasteiger partial charge in [0.25, 0.3) is 0 Å². The maximum absolute atomic E-state index is 12.8. The Morgan fingerprint density at radius 3 is 2.88 bits per heavy atom. The molecule has 6 heteroatoms. The monoisotopic (exact) mass is 326 g/mol. The summed E-state index contributed by atoms with van der Waals surface area (Å²) < 4.78 is 0. The largest absolute Gasteiger partial charge is 0.508 e. The number of aromatic hydroxyl groups is 1. The number of phenolic OH excluding ortho intramolecular Hbond substituents is 1. The molecule has 1 aliphatic rings. The van der Waals surface area contributed by atoms with E-state index in [1.54, 1.807) is 41.6 Å². The molecule has 2 heterocycles. The first-order chi connectivity index (χ1) is 11.6. The highest BCUT2D eigenvalue weighted by Crippen LogP contribution is 2.22. The number of aromatic nitrogens is 2. The van der Waals surface area contributed by atoms with Gasteiger partial charge in [0, 0.05) is 39.1 Å². The molecule has 3 rings (SSSR count). The summed E-state index contributed by atoms with van der Waals surface area (Å²) in [4.78, 5) is 25.1. The molecular formula is C18H22N4O2. The molecule has 126 valence electrons. The molecule has 0 bridgehead atoms. The number of benzene rings is 1. The van der Waals surface area contributed by atoms with Gasteiger partial charge in [-0.15, -0.1) is 0 Å². The van der Waals surface area contributed by atoms with Crippen LogP contribution in [-0.4, -0.2) is 46.0 Å². The SMILES string of the molecule is CN(Cc1cccc(O)c1)C(=O)C1CCCN(c2ncccn2)C1. The zero-order chi connectivity index (χ0) is 16.9. The third-order valence-electron chi connectivity index (χ3n) is 4.31. The van der Waals surface area contributed by atoms with Crippen LogP contribution in [0.1, 0.15) is 18.4 Å². The van der Waals surface area contributed by atoms with Crippen molar-refractivity contribution in [3.63, 3.8) is 0 Å². The van der Waals surface area contributed by atoms with Gasteiger partial charge in [-0.3, -0.25) is 4.79 Å². The first-order valence-electron chi connectivity index (χ1n) is 8.18. The first-order valence-corrected chi connectivity index (χ1v) is 8.18. The van der Waals surface area contributed by atoms with E-state index in [2.05, 4.69) is 14.9 Å². The molecular weight excluding hydrogens is 304 g/mol. The third kappa shape index (κ3) is 3.82. The van der Waals surface area contributed by atoms with Gasteiger partial charge in [-0.05, 0) is 36.6 Å². The molecule has 2 aromatic rings. The average molecular weight is 326 g/mol. The molecule has 1 atom stereocenters. The van der Waals surface area contributed by atoms with Crippen molar-refractivity contribution in [2.24, 2.45) is 5.92 Å². The number of piperidine rings is 1. The second-order valence-electron chi connectivity index (χ2n) is 6.20. The Labute approximate surface area is 141 Å². The zero-order valence-corrected chi connectivity index (χ0v) is 13.8. The molecule has 1 aromatic heterocycles. The minimum Gasteiger partial charge on any atom is -0.508 e. The molecule has 1 aromatic carbocycles. The van der Waals surface area contributed by atoms with Crippen LogP contribution < -0.4 is 4.90 Å². The number of amides is 1. The second-order valence-corrected chi connectivity index (χ2v) is 6.20. The highest BCUT2D eigenvalue weighted by atomic mass is 16.3. The number of anilines is 1. The summed E-state index contributed by atoms with van der Waals surface area (Å²) in [7, 11) is 1.81. The Kier molecular flexibility index (Phi) is 4.93. The van der Waals surface area contributed by atoms with E-state index in [1.165, 1.54) is 0 Å². The smallest absolute Gasteiger partial charge is 0.227 e. The van der Waals surface area contributed by atoms with Crippen LogP contribution in [-0.2, 0) is 11.3 Å². The number of hydrogen-bond acceptors (Lipinski definition) is 5. The highest BCUT2D eigenvalue weighted by molar-refractivity contribution is 5.79. The molecule has 0 saturated carbocycles. The van der Waals surface area contributed by atoms with E-state index in [0.29, 0.717) is 19.0 Å². The lowest BCUT2D eigenvalue weighted by Crippen LogP contribution is -2.44. The summed E-state index contributed by atoms with van der Waals surface area (Å²) in [5, 5.41) is 9.55. The van der Waals surface area contributed by atoms with Gasteiger partial charge in [-0.1, -0.05) is 12.1 Å².